The van der Waals surface area contributed by atoms with E-state index in [-0.39, 0.29) is 18.9 Å². The van der Waals surface area contributed by atoms with Crippen LogP contribution < -0.4 is 15.4 Å². The fourth-order valence-corrected chi connectivity index (χ4v) is 3.16. The molecule has 3 N–H and O–H groups in total. The van der Waals surface area contributed by atoms with Crippen molar-refractivity contribution < 1.29 is 13.2 Å². The number of hydrogen-bond acceptors (Lipinski definition) is 4. The van der Waals surface area contributed by atoms with Crippen molar-refractivity contribution in [3.8, 4) is 0 Å². The van der Waals surface area contributed by atoms with Gasteiger partial charge in [0, 0.05) is 24.5 Å². The normalized spacial score (nSPS) is 19.8. The van der Waals surface area contributed by atoms with Gasteiger partial charge in [0.2, 0.25) is 15.9 Å². The van der Waals surface area contributed by atoms with Gasteiger partial charge in [0.15, 0.2) is 0 Å². The van der Waals surface area contributed by atoms with Crippen molar-refractivity contribution in [2.24, 2.45) is 5.14 Å². The molecule has 0 aliphatic carbocycles. The average Bonchev–Trinajstić information content (AvgIpc) is 2.71. The molecule has 2 rings (SSSR count). The number of hydrogen-bond donors (Lipinski definition) is 2. The first-order valence-corrected chi connectivity index (χ1v) is 8.02. The van der Waals surface area contributed by atoms with Crippen LogP contribution in [0.5, 0.6) is 0 Å². The minimum Gasteiger partial charge on any atom is -0.386 e. The summed E-state index contributed by atoms with van der Waals surface area (Å²) in [5, 5.41) is 7.25. The number of carbonyl (C=O) groups excluding carboxylic acids is 1. The number of carbonyl (C=O) groups is 1. The highest BCUT2D eigenvalue weighted by atomic mass is 79.9. The monoisotopic (exact) mass is 347 g/mol. The van der Waals surface area contributed by atoms with Crippen LogP contribution in [0, 0.1) is 0 Å². The number of amides is 1. The van der Waals surface area contributed by atoms with Crippen LogP contribution in [-0.4, -0.2) is 33.2 Å². The summed E-state index contributed by atoms with van der Waals surface area (Å²) in [6.07, 6.45) is -0.0714. The van der Waals surface area contributed by atoms with Crippen molar-refractivity contribution in [3.05, 3.63) is 22.7 Å². The maximum absolute atomic E-state index is 12.0. The van der Waals surface area contributed by atoms with Crippen LogP contribution in [0.3, 0.4) is 0 Å². The van der Waals surface area contributed by atoms with Gasteiger partial charge >= 0.3 is 0 Å². The van der Waals surface area contributed by atoms with E-state index in [1.807, 2.05) is 6.07 Å². The maximum Gasteiger partial charge on any atom is 0.228 e. The molecule has 1 amide bonds. The highest BCUT2D eigenvalue weighted by Gasteiger charge is 2.37. The molecule has 0 radical (unpaired) electrons. The highest BCUT2D eigenvalue weighted by molar-refractivity contribution is 9.10. The Morgan fingerprint density at radius 2 is 2.16 bits per heavy atom. The van der Waals surface area contributed by atoms with E-state index in [4.69, 9.17) is 5.14 Å². The molecule has 19 heavy (non-hydrogen) atoms. The molecule has 1 fully saturated rings. The van der Waals surface area contributed by atoms with Crippen LogP contribution >= 0.6 is 15.9 Å². The first-order chi connectivity index (χ1) is 8.82. The summed E-state index contributed by atoms with van der Waals surface area (Å²) in [7, 11) is -1.96. The lowest BCUT2D eigenvalue weighted by molar-refractivity contribution is -0.117. The summed E-state index contributed by atoms with van der Waals surface area (Å²) in [6.45, 7) is 0.0912. The zero-order valence-corrected chi connectivity index (χ0v) is 12.7. The Hall–Kier alpha value is -1.12. The van der Waals surface area contributed by atoms with Crippen molar-refractivity contribution >= 4 is 43.2 Å². The smallest absolute Gasteiger partial charge is 0.228 e. The number of nitrogens with zero attached hydrogens (tertiary/aromatic N) is 1. The van der Waals surface area contributed by atoms with Gasteiger partial charge in [0.25, 0.3) is 0 Å². The van der Waals surface area contributed by atoms with Gasteiger partial charge in [-0.1, -0.05) is 15.9 Å². The van der Waals surface area contributed by atoms with Crippen LogP contribution in [0.15, 0.2) is 22.7 Å². The summed E-state index contributed by atoms with van der Waals surface area (Å²) in [5.41, 5.74) is 1.40. The van der Waals surface area contributed by atoms with Gasteiger partial charge in [0.05, 0.1) is 11.4 Å². The standard InChI is InChI=1S/C11H14BrN3O3S/c1-14-9-4-7(12)2-3-10(9)15-6-8(5-11(15)16)19(13,17)18/h2-4,8,14H,5-6H2,1H3,(H2,13,17,18). The number of anilines is 2. The summed E-state index contributed by atoms with van der Waals surface area (Å²) < 4.78 is 23.6. The zero-order valence-electron chi connectivity index (χ0n) is 10.3. The molecule has 1 saturated heterocycles. The zero-order chi connectivity index (χ0) is 14.2. The fourth-order valence-electron chi connectivity index (χ4n) is 2.07. The summed E-state index contributed by atoms with van der Waals surface area (Å²) >= 11 is 3.35. The molecule has 1 atom stereocenters. The Morgan fingerprint density at radius 3 is 2.68 bits per heavy atom. The third kappa shape index (κ3) is 2.90. The fraction of sp³-hybridized carbons (Fsp3) is 0.364. The molecule has 0 spiro atoms. The number of primary sulfonamides is 1. The second-order valence-electron chi connectivity index (χ2n) is 4.33. The number of sulfonamides is 1. The summed E-state index contributed by atoms with van der Waals surface area (Å²) in [4.78, 5) is 13.4. The molecule has 1 aliphatic rings. The van der Waals surface area contributed by atoms with Crippen molar-refractivity contribution in [2.75, 3.05) is 23.8 Å². The minimum absolute atomic E-state index is 0.0714. The molecule has 1 unspecified atom stereocenters. The molecule has 0 aromatic heterocycles. The lowest BCUT2D eigenvalue weighted by atomic mass is 10.2. The van der Waals surface area contributed by atoms with Gasteiger partial charge in [-0.25, -0.2) is 13.6 Å². The molecule has 0 bridgehead atoms. The van der Waals surface area contributed by atoms with Crippen LogP contribution in [0.2, 0.25) is 0 Å². The van der Waals surface area contributed by atoms with E-state index in [0.717, 1.165) is 10.2 Å². The number of benzene rings is 1. The number of rotatable bonds is 3. The quantitative estimate of drug-likeness (QED) is 0.848. The second-order valence-corrected chi connectivity index (χ2v) is 7.09. The lowest BCUT2D eigenvalue weighted by Crippen LogP contribution is -2.32. The Kier molecular flexibility index (Phi) is 3.84. The third-order valence-corrected chi connectivity index (χ3v) is 4.81. The van der Waals surface area contributed by atoms with Crippen LogP contribution in [-0.2, 0) is 14.8 Å². The lowest BCUT2D eigenvalue weighted by Gasteiger charge is -2.20. The van der Waals surface area contributed by atoms with E-state index < -0.39 is 15.3 Å². The van der Waals surface area contributed by atoms with Gasteiger partial charge in [0.1, 0.15) is 5.25 Å². The topological polar surface area (TPSA) is 92.5 Å². The number of halogens is 1. The van der Waals surface area contributed by atoms with Gasteiger partial charge in [-0.3, -0.25) is 4.79 Å². The molecule has 104 valence electrons. The largest absolute Gasteiger partial charge is 0.386 e. The molecule has 8 heteroatoms. The van der Waals surface area contributed by atoms with Crippen molar-refractivity contribution in [1.82, 2.24) is 0 Å². The molecule has 6 nitrogen and oxygen atoms in total. The molecule has 1 heterocycles. The van der Waals surface area contributed by atoms with E-state index in [1.54, 1.807) is 19.2 Å². The molecule has 1 aromatic rings. The summed E-state index contributed by atoms with van der Waals surface area (Å²) in [5.74, 6) is -0.238. The highest BCUT2D eigenvalue weighted by Crippen LogP contribution is 2.32. The van der Waals surface area contributed by atoms with Crippen molar-refractivity contribution in [3.63, 3.8) is 0 Å². The predicted molar refractivity (Wildman–Crippen MR) is 77.6 cm³/mol. The Balaban J connectivity index is 2.36. The molecular weight excluding hydrogens is 334 g/mol. The molecule has 1 aromatic carbocycles. The molecule has 1 aliphatic heterocycles. The van der Waals surface area contributed by atoms with Crippen LogP contribution in [0.25, 0.3) is 0 Å². The van der Waals surface area contributed by atoms with E-state index in [2.05, 4.69) is 21.2 Å². The van der Waals surface area contributed by atoms with Gasteiger partial charge in [-0.15, -0.1) is 0 Å². The van der Waals surface area contributed by atoms with Crippen LogP contribution in [0.1, 0.15) is 6.42 Å². The maximum atomic E-state index is 12.0. The predicted octanol–water partition coefficient (Wildman–Crippen LogP) is 0.885. The van der Waals surface area contributed by atoms with E-state index >= 15 is 0 Å². The Bertz CT molecular complexity index is 618. The van der Waals surface area contributed by atoms with E-state index in [1.165, 1.54) is 4.90 Å². The summed E-state index contributed by atoms with van der Waals surface area (Å²) in [6, 6.07) is 5.39. The van der Waals surface area contributed by atoms with Crippen molar-refractivity contribution in [1.29, 1.82) is 0 Å². The number of nitrogens with one attached hydrogen (secondary N) is 1. The van der Waals surface area contributed by atoms with Crippen molar-refractivity contribution in [2.45, 2.75) is 11.7 Å². The minimum atomic E-state index is -3.70. The first kappa shape index (κ1) is 14.3. The molecular formula is C11H14BrN3O3S. The Labute approximate surface area is 120 Å². The third-order valence-electron chi connectivity index (χ3n) is 3.07. The van der Waals surface area contributed by atoms with Gasteiger partial charge in [-0.05, 0) is 18.2 Å². The average molecular weight is 348 g/mol. The van der Waals surface area contributed by atoms with Gasteiger partial charge in [-0.2, -0.15) is 0 Å². The number of nitrogens with two attached hydrogens (primary N) is 1. The second kappa shape index (κ2) is 5.10. The van der Waals surface area contributed by atoms with E-state index in [0.29, 0.717) is 5.69 Å². The molecule has 0 saturated carbocycles. The van der Waals surface area contributed by atoms with E-state index in [9.17, 15) is 13.2 Å². The van der Waals surface area contributed by atoms with Crippen LogP contribution in [0.4, 0.5) is 11.4 Å². The van der Waals surface area contributed by atoms with Gasteiger partial charge < -0.3 is 10.2 Å². The first-order valence-electron chi connectivity index (χ1n) is 5.62. The SMILES string of the molecule is CNc1cc(Br)ccc1N1CC(S(N)(=O)=O)CC1=O. The Morgan fingerprint density at radius 1 is 1.47 bits per heavy atom.